The molecule has 0 spiro atoms. The van der Waals surface area contributed by atoms with Crippen LogP contribution in [0.2, 0.25) is 0 Å². The van der Waals surface area contributed by atoms with Crippen LogP contribution in [0.15, 0.2) is 34.6 Å². The molecule has 2 aromatic rings. The van der Waals surface area contributed by atoms with Crippen LogP contribution in [0.25, 0.3) is 0 Å². The van der Waals surface area contributed by atoms with Gasteiger partial charge in [0.1, 0.15) is 5.03 Å². The molecule has 0 aliphatic rings. The van der Waals surface area contributed by atoms with E-state index in [4.69, 9.17) is 9.47 Å². The molecule has 0 aliphatic heterocycles. The molecule has 0 fully saturated rings. The van der Waals surface area contributed by atoms with Crippen molar-refractivity contribution < 1.29 is 9.47 Å². The molecular formula is C10H10N4O2S. The Morgan fingerprint density at radius 2 is 1.71 bits per heavy atom. The summed E-state index contributed by atoms with van der Waals surface area (Å²) in [5, 5.41) is 1.27. The van der Waals surface area contributed by atoms with E-state index in [9.17, 15) is 0 Å². The molecule has 7 heteroatoms. The molecule has 0 N–H and O–H groups in total. The molecule has 2 rings (SSSR count). The molecule has 0 saturated heterocycles. The van der Waals surface area contributed by atoms with Crippen LogP contribution in [0.1, 0.15) is 0 Å². The molecule has 0 bridgehead atoms. The van der Waals surface area contributed by atoms with E-state index in [2.05, 4.69) is 19.9 Å². The highest BCUT2D eigenvalue weighted by atomic mass is 32.2. The molecule has 0 aromatic carbocycles. The normalized spacial score (nSPS) is 10.0. The molecule has 17 heavy (non-hydrogen) atoms. The molecule has 0 amide bonds. The summed E-state index contributed by atoms with van der Waals surface area (Å²) in [6.07, 6.45) is 1.71. The molecule has 0 radical (unpaired) electrons. The molecular weight excluding hydrogens is 240 g/mol. The van der Waals surface area contributed by atoms with Gasteiger partial charge in [0.25, 0.3) is 0 Å². The van der Waals surface area contributed by atoms with Gasteiger partial charge in [-0.15, -0.1) is 4.98 Å². The van der Waals surface area contributed by atoms with Crippen LogP contribution in [0.3, 0.4) is 0 Å². The zero-order chi connectivity index (χ0) is 12.1. The predicted octanol–water partition coefficient (Wildman–Crippen LogP) is 1.43. The number of hydrogen-bond donors (Lipinski definition) is 0. The van der Waals surface area contributed by atoms with E-state index in [1.54, 1.807) is 6.20 Å². The summed E-state index contributed by atoms with van der Waals surface area (Å²) in [6.45, 7) is 0. The average Bonchev–Trinajstić information content (AvgIpc) is 2.39. The molecule has 2 aromatic heterocycles. The number of pyridine rings is 1. The standard InChI is InChI=1S/C10H10N4O2S/c1-15-8-12-9(16-2)14-10(13-8)17-7-5-3-4-6-11-7/h3-6H,1-2H3. The van der Waals surface area contributed by atoms with E-state index in [1.807, 2.05) is 18.2 Å². The Morgan fingerprint density at radius 1 is 1.00 bits per heavy atom. The Labute approximate surface area is 102 Å². The summed E-state index contributed by atoms with van der Waals surface area (Å²) in [7, 11) is 2.98. The van der Waals surface area contributed by atoms with Gasteiger partial charge < -0.3 is 9.47 Å². The number of methoxy groups -OCH3 is 2. The molecule has 0 atom stereocenters. The van der Waals surface area contributed by atoms with Gasteiger partial charge >= 0.3 is 12.0 Å². The van der Waals surface area contributed by atoms with Crippen molar-refractivity contribution in [3.05, 3.63) is 24.4 Å². The molecule has 0 unspecified atom stereocenters. The quantitative estimate of drug-likeness (QED) is 0.813. The fraction of sp³-hybridized carbons (Fsp3) is 0.200. The zero-order valence-corrected chi connectivity index (χ0v) is 10.1. The third kappa shape index (κ3) is 3.04. The average molecular weight is 250 g/mol. The van der Waals surface area contributed by atoms with E-state index < -0.39 is 0 Å². The van der Waals surface area contributed by atoms with Crippen molar-refractivity contribution >= 4 is 11.8 Å². The summed E-state index contributed by atoms with van der Waals surface area (Å²) in [6, 6.07) is 6.04. The Balaban J connectivity index is 2.26. The van der Waals surface area contributed by atoms with Gasteiger partial charge in [0.15, 0.2) is 0 Å². The van der Waals surface area contributed by atoms with E-state index in [0.29, 0.717) is 5.16 Å². The Bertz CT molecular complexity index is 473. The Morgan fingerprint density at radius 3 is 2.24 bits per heavy atom. The summed E-state index contributed by atoms with van der Waals surface area (Å²) in [4.78, 5) is 16.3. The number of nitrogens with zero attached hydrogens (tertiary/aromatic N) is 4. The maximum absolute atomic E-state index is 4.96. The number of ether oxygens (including phenoxy) is 2. The molecule has 6 nitrogen and oxygen atoms in total. The first-order valence-corrected chi connectivity index (χ1v) is 5.56. The number of hydrogen-bond acceptors (Lipinski definition) is 7. The third-order valence-electron chi connectivity index (χ3n) is 1.77. The van der Waals surface area contributed by atoms with Gasteiger partial charge in [0.05, 0.1) is 14.2 Å². The lowest BCUT2D eigenvalue weighted by Gasteiger charge is -2.03. The molecule has 0 aliphatic carbocycles. The van der Waals surface area contributed by atoms with Crippen molar-refractivity contribution in [2.75, 3.05) is 14.2 Å². The maximum Gasteiger partial charge on any atom is 0.323 e. The van der Waals surface area contributed by atoms with Gasteiger partial charge in [-0.05, 0) is 23.9 Å². The van der Waals surface area contributed by atoms with Crippen molar-refractivity contribution in [2.24, 2.45) is 0 Å². The topological polar surface area (TPSA) is 70.0 Å². The van der Waals surface area contributed by atoms with Crippen molar-refractivity contribution in [3.63, 3.8) is 0 Å². The van der Waals surface area contributed by atoms with Crippen LogP contribution in [-0.2, 0) is 0 Å². The second-order valence-corrected chi connectivity index (χ2v) is 3.85. The smallest absolute Gasteiger partial charge is 0.323 e. The van der Waals surface area contributed by atoms with Crippen LogP contribution >= 0.6 is 11.8 Å². The van der Waals surface area contributed by atoms with Crippen molar-refractivity contribution in [3.8, 4) is 12.0 Å². The maximum atomic E-state index is 4.96. The minimum atomic E-state index is 0.218. The highest BCUT2D eigenvalue weighted by Crippen LogP contribution is 2.24. The fourth-order valence-corrected chi connectivity index (χ4v) is 1.74. The van der Waals surface area contributed by atoms with E-state index in [1.165, 1.54) is 26.0 Å². The summed E-state index contributed by atoms with van der Waals surface area (Å²) < 4.78 is 9.92. The van der Waals surface area contributed by atoms with Gasteiger partial charge in [-0.25, -0.2) is 4.98 Å². The summed E-state index contributed by atoms with van der Waals surface area (Å²) in [5.41, 5.74) is 0. The lowest BCUT2D eigenvalue weighted by Crippen LogP contribution is -2.00. The van der Waals surface area contributed by atoms with Crippen LogP contribution in [0.5, 0.6) is 12.0 Å². The first-order chi connectivity index (χ1) is 8.31. The van der Waals surface area contributed by atoms with Gasteiger partial charge in [0.2, 0.25) is 5.16 Å². The monoisotopic (exact) mass is 250 g/mol. The number of rotatable bonds is 4. The molecule has 2 heterocycles. The summed E-state index contributed by atoms with van der Waals surface area (Å²) in [5.74, 6) is 0. The van der Waals surface area contributed by atoms with Gasteiger partial charge in [-0.2, -0.15) is 9.97 Å². The van der Waals surface area contributed by atoms with Crippen LogP contribution in [-0.4, -0.2) is 34.2 Å². The van der Waals surface area contributed by atoms with Gasteiger partial charge in [-0.1, -0.05) is 6.07 Å². The summed E-state index contributed by atoms with van der Waals surface area (Å²) >= 11 is 1.31. The van der Waals surface area contributed by atoms with Crippen molar-refractivity contribution in [1.29, 1.82) is 0 Å². The first-order valence-electron chi connectivity index (χ1n) is 4.75. The van der Waals surface area contributed by atoms with Gasteiger partial charge in [-0.3, -0.25) is 0 Å². The Kier molecular flexibility index (Phi) is 3.71. The largest absolute Gasteiger partial charge is 0.467 e. The third-order valence-corrected chi connectivity index (χ3v) is 2.59. The molecule has 88 valence electrons. The second kappa shape index (κ2) is 5.44. The highest BCUT2D eigenvalue weighted by molar-refractivity contribution is 7.99. The van der Waals surface area contributed by atoms with Gasteiger partial charge in [0, 0.05) is 6.20 Å². The fourth-order valence-electron chi connectivity index (χ4n) is 1.05. The second-order valence-electron chi connectivity index (χ2n) is 2.86. The predicted molar refractivity (Wildman–Crippen MR) is 61.3 cm³/mol. The van der Waals surface area contributed by atoms with Crippen molar-refractivity contribution in [1.82, 2.24) is 19.9 Å². The Hall–Kier alpha value is -1.89. The molecule has 0 saturated carbocycles. The lowest BCUT2D eigenvalue weighted by atomic mass is 10.5. The van der Waals surface area contributed by atoms with Crippen LogP contribution in [0, 0.1) is 0 Å². The zero-order valence-electron chi connectivity index (χ0n) is 9.32. The minimum Gasteiger partial charge on any atom is -0.467 e. The first kappa shape index (κ1) is 11.6. The van der Waals surface area contributed by atoms with E-state index in [-0.39, 0.29) is 12.0 Å². The highest BCUT2D eigenvalue weighted by Gasteiger charge is 2.08. The lowest BCUT2D eigenvalue weighted by molar-refractivity contribution is 0.332. The minimum absolute atomic E-state index is 0.218. The SMILES string of the molecule is COc1nc(OC)nc(Sc2ccccn2)n1. The van der Waals surface area contributed by atoms with E-state index in [0.717, 1.165) is 5.03 Å². The van der Waals surface area contributed by atoms with Crippen LogP contribution < -0.4 is 9.47 Å². The number of aromatic nitrogens is 4. The van der Waals surface area contributed by atoms with Crippen LogP contribution in [0.4, 0.5) is 0 Å². The van der Waals surface area contributed by atoms with E-state index >= 15 is 0 Å². The van der Waals surface area contributed by atoms with Crippen molar-refractivity contribution in [2.45, 2.75) is 10.2 Å².